The number of hydrogen-bond donors (Lipinski definition) is 2. The van der Waals surface area contributed by atoms with Crippen LogP contribution in [0.2, 0.25) is 0 Å². The Kier molecular flexibility index (Phi) is 5.39. The number of carbonyl (C=O) groups is 1. The summed E-state index contributed by atoms with van der Waals surface area (Å²) in [5.41, 5.74) is 5.49. The number of hydrogen-bond acceptors (Lipinski definition) is 4. The number of rotatable bonds is 6. The van der Waals surface area contributed by atoms with Crippen molar-refractivity contribution >= 4 is 15.7 Å². The van der Waals surface area contributed by atoms with E-state index >= 15 is 0 Å². The zero-order chi connectivity index (χ0) is 12.9. The Labute approximate surface area is 103 Å². The molecule has 1 aliphatic rings. The van der Waals surface area contributed by atoms with Gasteiger partial charge >= 0.3 is 0 Å². The van der Waals surface area contributed by atoms with E-state index in [4.69, 9.17) is 5.73 Å². The third-order valence-electron chi connectivity index (χ3n) is 3.18. The minimum Gasteiger partial charge on any atom is -0.356 e. The van der Waals surface area contributed by atoms with Crippen LogP contribution in [-0.2, 0) is 14.6 Å². The molecular formula is C11H22N2O3S. The van der Waals surface area contributed by atoms with Crippen molar-refractivity contribution in [2.75, 3.05) is 24.6 Å². The Bertz CT molecular complexity index is 354. The molecule has 0 bridgehead atoms. The summed E-state index contributed by atoms with van der Waals surface area (Å²) in [4.78, 5) is 11.6. The van der Waals surface area contributed by atoms with Crippen molar-refractivity contribution in [2.45, 2.75) is 26.2 Å². The monoisotopic (exact) mass is 262 g/mol. The van der Waals surface area contributed by atoms with E-state index in [0.717, 1.165) is 12.8 Å². The number of carbonyl (C=O) groups excluding carboxylic acids is 1. The van der Waals surface area contributed by atoms with Gasteiger partial charge in [-0.3, -0.25) is 4.79 Å². The third kappa shape index (κ3) is 5.04. The smallest absolute Gasteiger partial charge is 0.224 e. The van der Waals surface area contributed by atoms with Gasteiger partial charge in [0.25, 0.3) is 0 Å². The molecular weight excluding hydrogens is 240 g/mol. The van der Waals surface area contributed by atoms with Crippen LogP contribution >= 0.6 is 0 Å². The largest absolute Gasteiger partial charge is 0.356 e. The molecule has 3 N–H and O–H groups in total. The molecule has 1 fully saturated rings. The van der Waals surface area contributed by atoms with E-state index in [1.807, 2.05) is 0 Å². The molecule has 2 atom stereocenters. The highest BCUT2D eigenvalue weighted by Crippen LogP contribution is 2.18. The van der Waals surface area contributed by atoms with E-state index in [0.29, 0.717) is 25.4 Å². The van der Waals surface area contributed by atoms with Crippen molar-refractivity contribution in [1.82, 2.24) is 5.32 Å². The summed E-state index contributed by atoms with van der Waals surface area (Å²) in [5.74, 6) is 0.171. The maximum absolute atomic E-state index is 11.6. The average Bonchev–Trinajstić information content (AvgIpc) is 2.64. The number of amides is 1. The Morgan fingerprint density at radius 3 is 2.76 bits per heavy atom. The Balaban J connectivity index is 2.18. The summed E-state index contributed by atoms with van der Waals surface area (Å²) in [6.45, 7) is 3.35. The maximum Gasteiger partial charge on any atom is 0.224 e. The lowest BCUT2D eigenvalue weighted by Crippen LogP contribution is -2.32. The molecule has 6 heteroatoms. The summed E-state index contributed by atoms with van der Waals surface area (Å²) in [6, 6.07) is 0. The Morgan fingerprint density at radius 2 is 2.24 bits per heavy atom. The summed E-state index contributed by atoms with van der Waals surface area (Å²) in [7, 11) is -2.97. The first-order valence-corrected chi connectivity index (χ1v) is 7.95. The van der Waals surface area contributed by atoms with Gasteiger partial charge in [0.05, 0.1) is 17.4 Å². The minimum absolute atomic E-state index is 0.0119. The van der Waals surface area contributed by atoms with Crippen LogP contribution in [0.25, 0.3) is 0 Å². The van der Waals surface area contributed by atoms with E-state index < -0.39 is 9.84 Å². The highest BCUT2D eigenvalue weighted by molar-refractivity contribution is 7.91. The van der Waals surface area contributed by atoms with Gasteiger partial charge in [0.2, 0.25) is 5.91 Å². The van der Waals surface area contributed by atoms with Crippen LogP contribution in [-0.4, -0.2) is 38.9 Å². The second kappa shape index (κ2) is 6.35. The predicted molar refractivity (Wildman–Crippen MR) is 67.2 cm³/mol. The second-order valence-corrected chi connectivity index (χ2v) is 7.10. The number of sulfone groups is 1. The van der Waals surface area contributed by atoms with E-state index in [1.54, 1.807) is 0 Å². The maximum atomic E-state index is 11.6. The standard InChI is InChI=1S/C11H22N2O3S/c1-9(7-12)3-2-5-13-11(14)10-4-6-17(15,16)8-10/h9-10H,2-8,12H2,1H3,(H,13,14). The third-order valence-corrected chi connectivity index (χ3v) is 4.95. The van der Waals surface area contributed by atoms with Crippen molar-refractivity contribution in [3.05, 3.63) is 0 Å². The molecule has 0 aromatic heterocycles. The van der Waals surface area contributed by atoms with Gasteiger partial charge in [0, 0.05) is 6.54 Å². The molecule has 0 aliphatic carbocycles. The summed E-state index contributed by atoms with van der Waals surface area (Å²) < 4.78 is 22.4. The fraction of sp³-hybridized carbons (Fsp3) is 0.909. The minimum atomic E-state index is -2.97. The van der Waals surface area contributed by atoms with Gasteiger partial charge in [0.1, 0.15) is 0 Å². The topological polar surface area (TPSA) is 89.3 Å². The molecule has 1 amide bonds. The zero-order valence-corrected chi connectivity index (χ0v) is 11.1. The van der Waals surface area contributed by atoms with Gasteiger partial charge in [-0.25, -0.2) is 8.42 Å². The molecule has 0 spiro atoms. The van der Waals surface area contributed by atoms with Gasteiger partial charge in [-0.2, -0.15) is 0 Å². The van der Waals surface area contributed by atoms with Crippen LogP contribution in [0.4, 0.5) is 0 Å². The van der Waals surface area contributed by atoms with Crippen molar-refractivity contribution in [2.24, 2.45) is 17.6 Å². The molecule has 1 aliphatic heterocycles. The van der Waals surface area contributed by atoms with E-state index in [2.05, 4.69) is 12.2 Å². The normalized spacial score (nSPS) is 24.5. The first-order chi connectivity index (χ1) is 7.94. The van der Waals surface area contributed by atoms with Crippen LogP contribution in [0, 0.1) is 11.8 Å². The van der Waals surface area contributed by atoms with Crippen molar-refractivity contribution in [3.8, 4) is 0 Å². The van der Waals surface area contributed by atoms with Crippen molar-refractivity contribution in [3.63, 3.8) is 0 Å². The molecule has 1 rings (SSSR count). The van der Waals surface area contributed by atoms with Gasteiger partial charge in [-0.15, -0.1) is 0 Å². The van der Waals surface area contributed by atoms with Gasteiger partial charge in [-0.1, -0.05) is 6.92 Å². The van der Waals surface area contributed by atoms with Gasteiger partial charge < -0.3 is 11.1 Å². The van der Waals surface area contributed by atoms with Crippen LogP contribution in [0.1, 0.15) is 26.2 Å². The predicted octanol–water partition coefficient (Wildman–Crippen LogP) is -0.0877. The molecule has 0 aromatic carbocycles. The molecule has 5 nitrogen and oxygen atoms in total. The molecule has 1 heterocycles. The molecule has 2 unspecified atom stereocenters. The SMILES string of the molecule is CC(CN)CCCNC(=O)C1CCS(=O)(=O)C1. The number of nitrogens with two attached hydrogens (primary N) is 1. The highest BCUT2D eigenvalue weighted by Gasteiger charge is 2.32. The lowest BCUT2D eigenvalue weighted by atomic mass is 10.1. The quantitative estimate of drug-likeness (QED) is 0.655. The van der Waals surface area contributed by atoms with Crippen LogP contribution in [0.3, 0.4) is 0 Å². The Hall–Kier alpha value is -0.620. The van der Waals surface area contributed by atoms with Crippen LogP contribution in [0.5, 0.6) is 0 Å². The van der Waals surface area contributed by atoms with Crippen molar-refractivity contribution in [1.29, 1.82) is 0 Å². The summed E-state index contributed by atoms with van der Waals surface area (Å²) in [5, 5.41) is 2.80. The van der Waals surface area contributed by atoms with Crippen LogP contribution < -0.4 is 11.1 Å². The fourth-order valence-corrected chi connectivity index (χ4v) is 3.67. The first-order valence-electron chi connectivity index (χ1n) is 6.13. The van der Waals surface area contributed by atoms with E-state index in [9.17, 15) is 13.2 Å². The highest BCUT2D eigenvalue weighted by atomic mass is 32.2. The zero-order valence-electron chi connectivity index (χ0n) is 10.3. The number of nitrogens with one attached hydrogen (secondary N) is 1. The summed E-state index contributed by atoms with van der Waals surface area (Å²) in [6.07, 6.45) is 2.34. The molecule has 0 aromatic rings. The molecule has 1 saturated heterocycles. The lowest BCUT2D eigenvalue weighted by molar-refractivity contribution is -0.124. The van der Waals surface area contributed by atoms with Crippen LogP contribution in [0.15, 0.2) is 0 Å². The van der Waals surface area contributed by atoms with E-state index in [1.165, 1.54) is 0 Å². The van der Waals surface area contributed by atoms with Crippen molar-refractivity contribution < 1.29 is 13.2 Å². The lowest BCUT2D eigenvalue weighted by Gasteiger charge is -2.11. The van der Waals surface area contributed by atoms with Gasteiger partial charge in [-0.05, 0) is 31.7 Å². The second-order valence-electron chi connectivity index (χ2n) is 4.87. The van der Waals surface area contributed by atoms with Gasteiger partial charge in [0.15, 0.2) is 9.84 Å². The Morgan fingerprint density at radius 1 is 1.53 bits per heavy atom. The fourth-order valence-electron chi connectivity index (χ4n) is 1.93. The first kappa shape index (κ1) is 14.4. The molecule has 17 heavy (non-hydrogen) atoms. The molecule has 0 radical (unpaired) electrons. The average molecular weight is 262 g/mol. The summed E-state index contributed by atoms with van der Waals surface area (Å²) >= 11 is 0. The molecule has 0 saturated carbocycles. The molecule has 100 valence electrons. The van der Waals surface area contributed by atoms with E-state index in [-0.39, 0.29) is 23.3 Å².